The zero-order chi connectivity index (χ0) is 32.1. The number of nitro benzene ring substituents is 1. The van der Waals surface area contributed by atoms with Gasteiger partial charge in [-0.3, -0.25) is 19.5 Å². The molecule has 0 spiro atoms. The molecular formula is C27H31ClN8O6S. The summed E-state index contributed by atoms with van der Waals surface area (Å²) in [6, 6.07) is 11.0. The summed E-state index contributed by atoms with van der Waals surface area (Å²) < 4.78 is 32.5. The first-order chi connectivity index (χ1) is 20.1. The summed E-state index contributed by atoms with van der Waals surface area (Å²) in [5, 5.41) is 37.9. The monoisotopic (exact) mass is 630 g/mol. The fourth-order valence-electron chi connectivity index (χ4n) is 4.23. The number of carbonyl (C=O) groups is 1. The first kappa shape index (κ1) is 33.1. The van der Waals surface area contributed by atoms with Crippen LogP contribution >= 0.6 is 11.6 Å². The van der Waals surface area contributed by atoms with E-state index in [-0.39, 0.29) is 45.6 Å². The van der Waals surface area contributed by atoms with Gasteiger partial charge in [0.2, 0.25) is 5.91 Å². The summed E-state index contributed by atoms with van der Waals surface area (Å²) in [4.78, 5) is 25.1. The molecule has 14 nitrogen and oxygen atoms in total. The fourth-order valence-corrected chi connectivity index (χ4v) is 4.89. The zero-order valence-corrected chi connectivity index (χ0v) is 25.8. The predicted octanol–water partition coefficient (Wildman–Crippen LogP) is 6.08. The maximum absolute atomic E-state index is 12.0. The van der Waals surface area contributed by atoms with E-state index in [1.807, 2.05) is 32.6 Å². The molecule has 0 fully saturated rings. The number of amides is 1. The molecule has 3 aromatic rings. The number of nitro groups is 1. The maximum Gasteiger partial charge on any atom is 0.296 e. The minimum Gasteiger partial charge on any atom is -0.372 e. The van der Waals surface area contributed by atoms with Crippen LogP contribution in [0.25, 0.3) is 5.69 Å². The molecule has 1 amide bonds. The minimum atomic E-state index is -4.11. The van der Waals surface area contributed by atoms with Crippen molar-refractivity contribution in [2.24, 2.45) is 10.2 Å². The van der Waals surface area contributed by atoms with Crippen molar-refractivity contribution < 1.29 is 22.7 Å². The Morgan fingerprint density at radius 2 is 1.95 bits per heavy atom. The average molecular weight is 631 g/mol. The van der Waals surface area contributed by atoms with E-state index in [1.54, 1.807) is 18.2 Å². The van der Waals surface area contributed by atoms with Crippen LogP contribution in [0.2, 0.25) is 5.02 Å². The molecule has 3 rings (SSSR count). The molecule has 2 aromatic carbocycles. The Balaban J connectivity index is 2.16. The number of hydrogen-bond acceptors (Lipinski definition) is 10. The Morgan fingerprint density at radius 1 is 1.26 bits per heavy atom. The smallest absolute Gasteiger partial charge is 0.296 e. The Bertz CT molecular complexity index is 1720. The molecule has 228 valence electrons. The van der Waals surface area contributed by atoms with Crippen LogP contribution in [0, 0.1) is 21.4 Å². The highest BCUT2D eigenvalue weighted by molar-refractivity contribution is 7.85. The summed E-state index contributed by atoms with van der Waals surface area (Å²) in [5.41, 5.74) is 0.583. The molecule has 1 heterocycles. The lowest BCUT2D eigenvalue weighted by atomic mass is 9.90. The number of nitriles is 1. The minimum absolute atomic E-state index is 0.0243. The van der Waals surface area contributed by atoms with Crippen molar-refractivity contribution in [1.29, 1.82) is 5.26 Å². The molecule has 0 bridgehead atoms. The Labute approximate surface area is 253 Å². The number of benzene rings is 2. The van der Waals surface area contributed by atoms with E-state index < -0.39 is 32.1 Å². The van der Waals surface area contributed by atoms with E-state index in [4.69, 9.17) is 16.2 Å². The highest BCUT2D eigenvalue weighted by Gasteiger charge is 2.30. The summed E-state index contributed by atoms with van der Waals surface area (Å²) >= 11 is 6.01. The molecule has 43 heavy (non-hydrogen) atoms. The number of hydrogen-bond donors (Lipinski definition) is 2. The van der Waals surface area contributed by atoms with Gasteiger partial charge in [0.25, 0.3) is 15.8 Å². The highest BCUT2D eigenvalue weighted by Crippen LogP contribution is 2.38. The highest BCUT2D eigenvalue weighted by atomic mass is 35.5. The van der Waals surface area contributed by atoms with Gasteiger partial charge in [0.15, 0.2) is 5.82 Å². The van der Waals surface area contributed by atoms with Gasteiger partial charge in [-0.25, -0.2) is 4.68 Å². The van der Waals surface area contributed by atoms with Gasteiger partial charge in [-0.15, -0.1) is 10.2 Å². The standard InChI is InChI=1S/C27H31ClN8O6S/c1-6-34(12-7-13-43(40,41)42)19-9-10-21(22(15-19)30-17(2)37)31-32-26-20(16-29)25(27(3,4)5)33-35(26)23-11-8-18(28)14-24(23)36(38)39/h8-11,14-15H,6-7,12-13H2,1-5H3,(H,30,37)(H,40,41,42). The van der Waals surface area contributed by atoms with Gasteiger partial charge in [0.05, 0.1) is 22.1 Å². The van der Waals surface area contributed by atoms with Crippen molar-refractivity contribution in [3.63, 3.8) is 0 Å². The number of anilines is 2. The lowest BCUT2D eigenvalue weighted by Crippen LogP contribution is -2.25. The maximum atomic E-state index is 12.0. The molecule has 0 unspecified atom stereocenters. The molecule has 0 aliphatic rings. The Morgan fingerprint density at radius 3 is 2.51 bits per heavy atom. The lowest BCUT2D eigenvalue weighted by Gasteiger charge is -2.24. The number of nitrogens with zero attached hydrogens (tertiary/aromatic N) is 7. The summed E-state index contributed by atoms with van der Waals surface area (Å²) in [6.07, 6.45) is 0.178. The molecule has 16 heteroatoms. The predicted molar refractivity (Wildman–Crippen MR) is 162 cm³/mol. The van der Waals surface area contributed by atoms with Crippen molar-refractivity contribution in [3.05, 3.63) is 62.8 Å². The van der Waals surface area contributed by atoms with Crippen LogP contribution < -0.4 is 10.2 Å². The number of aromatic nitrogens is 2. The van der Waals surface area contributed by atoms with Crippen molar-refractivity contribution in [2.45, 2.75) is 46.5 Å². The van der Waals surface area contributed by atoms with Gasteiger partial charge < -0.3 is 10.2 Å². The van der Waals surface area contributed by atoms with E-state index in [0.29, 0.717) is 24.5 Å². The third-order valence-electron chi connectivity index (χ3n) is 6.17. The Hall–Kier alpha value is -4.39. The van der Waals surface area contributed by atoms with Gasteiger partial charge in [-0.1, -0.05) is 32.4 Å². The summed E-state index contributed by atoms with van der Waals surface area (Å²) in [5.74, 6) is -0.848. The van der Waals surface area contributed by atoms with E-state index in [9.17, 15) is 28.6 Å². The first-order valence-electron chi connectivity index (χ1n) is 13.1. The summed E-state index contributed by atoms with van der Waals surface area (Å²) in [7, 11) is -4.11. The van der Waals surface area contributed by atoms with Gasteiger partial charge in [0, 0.05) is 42.2 Å². The third-order valence-corrected chi connectivity index (χ3v) is 7.21. The SMILES string of the molecule is CCN(CCCS(=O)(=O)O)c1ccc(N=Nc2c(C#N)c(C(C)(C)C)nn2-c2ccc(Cl)cc2[N+](=O)[O-])c(NC(C)=O)c1. The Kier molecular flexibility index (Phi) is 10.2. The number of azo groups is 1. The topological polar surface area (TPSA) is 196 Å². The van der Waals surface area contributed by atoms with Gasteiger partial charge in [-0.05, 0) is 43.7 Å². The number of nitrogens with one attached hydrogen (secondary N) is 1. The molecule has 0 atom stereocenters. The van der Waals surface area contributed by atoms with E-state index in [0.717, 1.165) is 0 Å². The largest absolute Gasteiger partial charge is 0.372 e. The van der Waals surface area contributed by atoms with Crippen molar-refractivity contribution in [1.82, 2.24) is 9.78 Å². The van der Waals surface area contributed by atoms with Gasteiger partial charge in [0.1, 0.15) is 23.0 Å². The normalized spacial score (nSPS) is 11.9. The number of rotatable bonds is 11. The molecular weight excluding hydrogens is 600 g/mol. The van der Waals surface area contributed by atoms with Gasteiger partial charge in [-0.2, -0.15) is 18.8 Å². The van der Waals surface area contributed by atoms with Crippen LogP contribution in [0.15, 0.2) is 46.6 Å². The molecule has 0 aliphatic carbocycles. The van der Waals surface area contributed by atoms with E-state index in [1.165, 1.54) is 29.8 Å². The van der Waals surface area contributed by atoms with Crippen LogP contribution in [-0.4, -0.2) is 52.4 Å². The van der Waals surface area contributed by atoms with Crippen LogP contribution in [0.5, 0.6) is 0 Å². The van der Waals surface area contributed by atoms with Crippen LogP contribution in [0.4, 0.5) is 28.6 Å². The third kappa shape index (κ3) is 8.34. The second kappa shape index (κ2) is 13.3. The fraction of sp³-hybridized carbons (Fsp3) is 0.370. The van der Waals surface area contributed by atoms with Crippen LogP contribution in [-0.2, 0) is 20.3 Å². The molecule has 0 aliphatic heterocycles. The quantitative estimate of drug-likeness (QED) is 0.109. The van der Waals surface area contributed by atoms with Crippen molar-refractivity contribution >= 4 is 56.2 Å². The number of halogens is 1. The van der Waals surface area contributed by atoms with Crippen LogP contribution in [0.3, 0.4) is 0 Å². The number of carbonyl (C=O) groups excluding carboxylic acids is 1. The van der Waals surface area contributed by atoms with Crippen molar-refractivity contribution in [2.75, 3.05) is 29.1 Å². The molecule has 2 N–H and O–H groups in total. The van der Waals surface area contributed by atoms with Crippen LogP contribution in [0.1, 0.15) is 52.3 Å². The molecule has 1 aromatic heterocycles. The van der Waals surface area contributed by atoms with E-state index in [2.05, 4.69) is 26.7 Å². The molecule has 0 radical (unpaired) electrons. The average Bonchev–Trinajstić information content (AvgIpc) is 3.28. The molecule has 0 saturated carbocycles. The first-order valence-corrected chi connectivity index (χ1v) is 15.1. The zero-order valence-electron chi connectivity index (χ0n) is 24.2. The second-order valence-corrected chi connectivity index (χ2v) is 12.5. The summed E-state index contributed by atoms with van der Waals surface area (Å²) in [6.45, 7) is 9.51. The van der Waals surface area contributed by atoms with E-state index >= 15 is 0 Å². The van der Waals surface area contributed by atoms with Gasteiger partial charge >= 0.3 is 0 Å². The molecule has 0 saturated heterocycles. The second-order valence-electron chi connectivity index (χ2n) is 10.5. The lowest BCUT2D eigenvalue weighted by molar-refractivity contribution is -0.384. The van der Waals surface area contributed by atoms with Crippen molar-refractivity contribution in [3.8, 4) is 11.8 Å².